The van der Waals surface area contributed by atoms with Gasteiger partial charge in [-0.05, 0) is 30.4 Å². The van der Waals surface area contributed by atoms with E-state index >= 15 is 0 Å². The highest BCUT2D eigenvalue weighted by atomic mass is 16.5. The summed E-state index contributed by atoms with van der Waals surface area (Å²) in [5.41, 5.74) is 8.72. The molecule has 4 rings (SSSR count). The fourth-order valence-electron chi connectivity index (χ4n) is 3.81. The van der Waals surface area contributed by atoms with Gasteiger partial charge in [0, 0.05) is 6.54 Å². The number of hydrogen-bond donors (Lipinski definition) is 1. The predicted molar refractivity (Wildman–Crippen MR) is 80.1 cm³/mol. The van der Waals surface area contributed by atoms with Crippen LogP contribution >= 0.6 is 0 Å². The number of hydrogen-bond acceptors (Lipinski definition) is 4. The topological polar surface area (TPSA) is 64.9 Å². The Morgan fingerprint density at radius 1 is 1.19 bits per heavy atom. The molecule has 0 spiro atoms. The molecule has 21 heavy (non-hydrogen) atoms. The van der Waals surface area contributed by atoms with E-state index in [0.29, 0.717) is 12.5 Å². The lowest BCUT2D eigenvalue weighted by molar-refractivity contribution is 0.219. The van der Waals surface area contributed by atoms with Crippen LogP contribution in [0.5, 0.6) is 0 Å². The minimum absolute atomic E-state index is 0.0766. The summed E-state index contributed by atoms with van der Waals surface area (Å²) in [7, 11) is 0. The molecule has 2 aliphatic rings. The zero-order valence-corrected chi connectivity index (χ0v) is 12.2. The molecule has 0 saturated heterocycles. The molecular formula is C17H21N3O. The van der Waals surface area contributed by atoms with Gasteiger partial charge in [0.15, 0.2) is 5.82 Å². The highest BCUT2D eigenvalue weighted by Gasteiger charge is 2.39. The van der Waals surface area contributed by atoms with Crippen molar-refractivity contribution in [1.82, 2.24) is 10.1 Å². The van der Waals surface area contributed by atoms with E-state index in [0.717, 1.165) is 31.0 Å². The van der Waals surface area contributed by atoms with E-state index in [1.807, 2.05) is 0 Å². The smallest absolute Gasteiger partial charge is 0.234 e. The summed E-state index contributed by atoms with van der Waals surface area (Å²) >= 11 is 0. The van der Waals surface area contributed by atoms with Gasteiger partial charge in [-0.25, -0.2) is 0 Å². The van der Waals surface area contributed by atoms with Crippen molar-refractivity contribution in [2.75, 3.05) is 6.54 Å². The standard InChI is InChI=1S/C17H21N3O/c18-11-17(8-4-1-5-9-17)16-19-15(20-21-16)14-10-12-6-2-3-7-13(12)14/h2-3,6-7,14H,1,4-5,8-11,18H2. The van der Waals surface area contributed by atoms with Gasteiger partial charge in [0.25, 0.3) is 0 Å². The van der Waals surface area contributed by atoms with Crippen LogP contribution in [0.25, 0.3) is 0 Å². The fraction of sp³-hybridized carbons (Fsp3) is 0.529. The number of nitrogens with two attached hydrogens (primary N) is 1. The van der Waals surface area contributed by atoms with Crippen LogP contribution in [0.15, 0.2) is 28.8 Å². The van der Waals surface area contributed by atoms with E-state index in [9.17, 15) is 0 Å². The molecule has 1 heterocycles. The van der Waals surface area contributed by atoms with Crippen molar-refractivity contribution in [3.63, 3.8) is 0 Å². The summed E-state index contributed by atoms with van der Waals surface area (Å²) in [6, 6.07) is 8.50. The molecule has 1 fully saturated rings. The van der Waals surface area contributed by atoms with E-state index in [-0.39, 0.29) is 5.41 Å². The average Bonchev–Trinajstić information content (AvgIpc) is 2.99. The zero-order chi connectivity index (χ0) is 14.3. The molecule has 1 atom stereocenters. The van der Waals surface area contributed by atoms with Gasteiger partial charge < -0.3 is 10.3 Å². The van der Waals surface area contributed by atoms with Crippen LogP contribution in [0.1, 0.15) is 60.9 Å². The van der Waals surface area contributed by atoms with Crippen molar-refractivity contribution in [2.24, 2.45) is 5.73 Å². The maximum atomic E-state index is 6.05. The van der Waals surface area contributed by atoms with E-state index in [4.69, 9.17) is 15.2 Å². The molecule has 1 saturated carbocycles. The normalized spacial score (nSPS) is 23.4. The molecule has 2 aromatic rings. The Bertz CT molecular complexity index is 643. The summed E-state index contributed by atoms with van der Waals surface area (Å²) in [4.78, 5) is 4.74. The minimum Gasteiger partial charge on any atom is -0.339 e. The maximum Gasteiger partial charge on any atom is 0.234 e. The van der Waals surface area contributed by atoms with E-state index < -0.39 is 0 Å². The molecule has 110 valence electrons. The van der Waals surface area contributed by atoms with Crippen molar-refractivity contribution in [1.29, 1.82) is 0 Å². The first-order valence-corrected chi connectivity index (χ1v) is 7.94. The van der Waals surface area contributed by atoms with Gasteiger partial charge in [-0.3, -0.25) is 0 Å². The maximum absolute atomic E-state index is 6.05. The monoisotopic (exact) mass is 283 g/mol. The van der Waals surface area contributed by atoms with Gasteiger partial charge in [-0.1, -0.05) is 48.7 Å². The molecule has 1 aromatic heterocycles. The second-order valence-corrected chi connectivity index (χ2v) is 6.46. The first kappa shape index (κ1) is 13.0. The summed E-state index contributed by atoms with van der Waals surface area (Å²) < 4.78 is 5.63. The summed E-state index contributed by atoms with van der Waals surface area (Å²) in [6.07, 6.45) is 6.88. The lowest BCUT2D eigenvalue weighted by Crippen LogP contribution is -2.37. The average molecular weight is 283 g/mol. The first-order chi connectivity index (χ1) is 10.3. The van der Waals surface area contributed by atoms with E-state index in [1.54, 1.807) is 0 Å². The Hall–Kier alpha value is -1.68. The second-order valence-electron chi connectivity index (χ2n) is 6.46. The van der Waals surface area contributed by atoms with Crippen molar-refractivity contribution in [3.8, 4) is 0 Å². The highest BCUT2D eigenvalue weighted by molar-refractivity contribution is 5.43. The second kappa shape index (κ2) is 4.95. The van der Waals surface area contributed by atoms with Gasteiger partial charge in [0.1, 0.15) is 0 Å². The Balaban J connectivity index is 1.62. The summed E-state index contributed by atoms with van der Waals surface area (Å²) in [5, 5.41) is 4.26. The van der Waals surface area contributed by atoms with Crippen LogP contribution < -0.4 is 5.73 Å². The van der Waals surface area contributed by atoms with Gasteiger partial charge in [0.2, 0.25) is 5.89 Å². The van der Waals surface area contributed by atoms with Gasteiger partial charge in [-0.15, -0.1) is 0 Å². The zero-order valence-electron chi connectivity index (χ0n) is 12.2. The lowest BCUT2D eigenvalue weighted by atomic mass is 9.74. The number of rotatable bonds is 3. The van der Waals surface area contributed by atoms with Gasteiger partial charge >= 0.3 is 0 Å². The van der Waals surface area contributed by atoms with Crippen LogP contribution in [-0.4, -0.2) is 16.7 Å². The van der Waals surface area contributed by atoms with Crippen LogP contribution in [0.4, 0.5) is 0 Å². The minimum atomic E-state index is -0.0766. The Kier molecular flexibility index (Phi) is 3.07. The largest absolute Gasteiger partial charge is 0.339 e. The Morgan fingerprint density at radius 2 is 2.00 bits per heavy atom. The number of benzene rings is 1. The first-order valence-electron chi connectivity index (χ1n) is 7.94. The molecule has 2 aliphatic carbocycles. The molecular weight excluding hydrogens is 262 g/mol. The number of fused-ring (bicyclic) bond motifs is 1. The Morgan fingerprint density at radius 3 is 2.76 bits per heavy atom. The molecule has 4 heteroatoms. The van der Waals surface area contributed by atoms with Gasteiger partial charge in [0.05, 0.1) is 11.3 Å². The van der Waals surface area contributed by atoms with Crippen molar-refractivity contribution in [3.05, 3.63) is 47.1 Å². The lowest BCUT2D eigenvalue weighted by Gasteiger charge is -2.32. The van der Waals surface area contributed by atoms with E-state index in [1.165, 1.54) is 30.4 Å². The van der Waals surface area contributed by atoms with Gasteiger partial charge in [-0.2, -0.15) is 4.98 Å². The third-order valence-electron chi connectivity index (χ3n) is 5.26. The SMILES string of the molecule is NCC1(c2nc(C3Cc4ccccc43)no2)CCCCC1. The molecule has 0 radical (unpaired) electrons. The fourth-order valence-corrected chi connectivity index (χ4v) is 3.81. The summed E-state index contributed by atoms with van der Waals surface area (Å²) in [5.74, 6) is 1.91. The van der Waals surface area contributed by atoms with Crippen LogP contribution in [0, 0.1) is 0 Å². The Labute approximate surface area is 124 Å². The van der Waals surface area contributed by atoms with Crippen molar-refractivity contribution in [2.45, 2.75) is 49.9 Å². The van der Waals surface area contributed by atoms with Crippen LogP contribution in [0.2, 0.25) is 0 Å². The van der Waals surface area contributed by atoms with Crippen molar-refractivity contribution < 1.29 is 4.52 Å². The highest BCUT2D eigenvalue weighted by Crippen LogP contribution is 2.41. The quantitative estimate of drug-likeness (QED) is 0.940. The molecule has 0 aliphatic heterocycles. The third-order valence-corrected chi connectivity index (χ3v) is 5.26. The third kappa shape index (κ3) is 2.01. The molecule has 0 bridgehead atoms. The van der Waals surface area contributed by atoms with Crippen LogP contribution in [0.3, 0.4) is 0 Å². The van der Waals surface area contributed by atoms with Crippen molar-refractivity contribution >= 4 is 0 Å². The van der Waals surface area contributed by atoms with E-state index in [2.05, 4.69) is 29.4 Å². The summed E-state index contributed by atoms with van der Waals surface area (Å²) in [6.45, 7) is 0.607. The van der Waals surface area contributed by atoms with Crippen LogP contribution in [-0.2, 0) is 11.8 Å². The predicted octanol–water partition coefficient (Wildman–Crippen LogP) is 2.92. The molecule has 2 N–H and O–H groups in total. The molecule has 4 nitrogen and oxygen atoms in total. The molecule has 1 aromatic carbocycles. The molecule has 1 unspecified atom stereocenters. The number of nitrogens with zero attached hydrogens (tertiary/aromatic N) is 2. The number of aromatic nitrogens is 2. The molecule has 0 amide bonds.